The first-order chi connectivity index (χ1) is 9.08. The zero-order valence-corrected chi connectivity index (χ0v) is 11.3. The van der Waals surface area contributed by atoms with Crippen molar-refractivity contribution >= 4 is 0 Å². The minimum atomic E-state index is -0.274. The van der Waals surface area contributed by atoms with Gasteiger partial charge < -0.3 is 5.32 Å². The molecule has 1 heterocycles. The lowest BCUT2D eigenvalue weighted by atomic mass is 10.2. The minimum absolute atomic E-state index is 0.0300. The first-order valence-electron chi connectivity index (χ1n) is 6.35. The molecule has 1 unspecified atom stereocenters. The molecule has 0 aliphatic carbocycles. The summed E-state index contributed by atoms with van der Waals surface area (Å²) in [7, 11) is 0. The molecule has 0 aliphatic rings. The molecule has 0 fully saturated rings. The number of tetrazole rings is 1. The monoisotopic (exact) mass is 263 g/mol. The fourth-order valence-electron chi connectivity index (χ4n) is 1.73. The van der Waals surface area contributed by atoms with Crippen LogP contribution in [0.3, 0.4) is 0 Å². The number of aromatic nitrogens is 4. The van der Waals surface area contributed by atoms with Gasteiger partial charge in [-0.3, -0.25) is 0 Å². The lowest BCUT2D eigenvalue weighted by molar-refractivity contribution is 0.475. The first kappa shape index (κ1) is 13.6. The second kappa shape index (κ2) is 5.88. The Kier molecular flexibility index (Phi) is 4.21. The Hall–Kier alpha value is -1.82. The standard InChI is InChI=1S/C13H18FN5/c1-9(2)8-15-10(3)13-16-17-18-19(13)12-6-4-11(14)5-7-12/h4-7,9-10,15H,8H2,1-3H3. The Morgan fingerprint density at radius 2 is 1.89 bits per heavy atom. The Labute approximate surface area is 111 Å². The lowest BCUT2D eigenvalue weighted by Crippen LogP contribution is -2.25. The van der Waals surface area contributed by atoms with Gasteiger partial charge in [0.1, 0.15) is 5.82 Å². The summed E-state index contributed by atoms with van der Waals surface area (Å²) in [5.74, 6) is 0.995. The zero-order chi connectivity index (χ0) is 13.8. The molecule has 2 aromatic rings. The normalized spacial score (nSPS) is 12.9. The highest BCUT2D eigenvalue weighted by atomic mass is 19.1. The van der Waals surface area contributed by atoms with Crippen LogP contribution in [0, 0.1) is 11.7 Å². The molecule has 2 rings (SSSR count). The fraction of sp³-hybridized carbons (Fsp3) is 0.462. The van der Waals surface area contributed by atoms with Crippen molar-refractivity contribution in [2.45, 2.75) is 26.8 Å². The van der Waals surface area contributed by atoms with Crippen molar-refractivity contribution in [2.75, 3.05) is 6.54 Å². The predicted molar refractivity (Wildman–Crippen MR) is 70.4 cm³/mol. The third-order valence-electron chi connectivity index (χ3n) is 2.78. The number of hydrogen-bond acceptors (Lipinski definition) is 4. The number of nitrogens with one attached hydrogen (secondary N) is 1. The summed E-state index contributed by atoms with van der Waals surface area (Å²) in [4.78, 5) is 0. The smallest absolute Gasteiger partial charge is 0.173 e. The summed E-state index contributed by atoms with van der Waals surface area (Å²) in [6.07, 6.45) is 0. The molecule has 102 valence electrons. The molecule has 19 heavy (non-hydrogen) atoms. The summed E-state index contributed by atoms with van der Waals surface area (Å²) in [6.45, 7) is 7.18. The van der Waals surface area contributed by atoms with Gasteiger partial charge in [-0.15, -0.1) is 5.10 Å². The molecular formula is C13H18FN5. The largest absolute Gasteiger partial charge is 0.307 e. The molecule has 1 N–H and O–H groups in total. The van der Waals surface area contributed by atoms with E-state index in [1.54, 1.807) is 16.8 Å². The van der Waals surface area contributed by atoms with Gasteiger partial charge in [0.25, 0.3) is 0 Å². The highest BCUT2D eigenvalue weighted by Gasteiger charge is 2.15. The van der Waals surface area contributed by atoms with Crippen LogP contribution in [-0.4, -0.2) is 26.8 Å². The van der Waals surface area contributed by atoms with E-state index in [1.807, 2.05) is 6.92 Å². The summed E-state index contributed by atoms with van der Waals surface area (Å²) < 4.78 is 14.5. The number of benzene rings is 1. The second-order valence-electron chi connectivity index (χ2n) is 4.95. The van der Waals surface area contributed by atoms with E-state index >= 15 is 0 Å². The molecule has 0 bridgehead atoms. The number of hydrogen-bond donors (Lipinski definition) is 1. The average molecular weight is 263 g/mol. The van der Waals surface area contributed by atoms with E-state index in [0.717, 1.165) is 12.2 Å². The van der Waals surface area contributed by atoms with Gasteiger partial charge in [0, 0.05) is 0 Å². The first-order valence-corrected chi connectivity index (χ1v) is 6.35. The molecular weight excluding hydrogens is 245 g/mol. The van der Waals surface area contributed by atoms with Crippen LogP contribution in [0.15, 0.2) is 24.3 Å². The van der Waals surface area contributed by atoms with E-state index in [-0.39, 0.29) is 11.9 Å². The second-order valence-corrected chi connectivity index (χ2v) is 4.95. The molecule has 0 amide bonds. The quantitative estimate of drug-likeness (QED) is 0.897. The van der Waals surface area contributed by atoms with Gasteiger partial charge in [0.15, 0.2) is 5.82 Å². The van der Waals surface area contributed by atoms with E-state index in [9.17, 15) is 4.39 Å². The molecule has 0 saturated carbocycles. The van der Waals surface area contributed by atoms with Crippen LogP contribution in [0.4, 0.5) is 4.39 Å². The van der Waals surface area contributed by atoms with Crippen LogP contribution in [-0.2, 0) is 0 Å². The van der Waals surface area contributed by atoms with Crippen molar-refractivity contribution in [1.82, 2.24) is 25.5 Å². The topological polar surface area (TPSA) is 55.6 Å². The van der Waals surface area contributed by atoms with Crippen LogP contribution in [0.1, 0.15) is 32.6 Å². The van der Waals surface area contributed by atoms with Crippen molar-refractivity contribution in [3.8, 4) is 5.69 Å². The Balaban J connectivity index is 2.19. The Bertz CT molecular complexity index is 520. The maximum absolute atomic E-state index is 12.9. The molecule has 5 nitrogen and oxygen atoms in total. The molecule has 1 atom stereocenters. The maximum atomic E-state index is 12.9. The highest BCUT2D eigenvalue weighted by Crippen LogP contribution is 2.14. The van der Waals surface area contributed by atoms with Gasteiger partial charge in [-0.1, -0.05) is 13.8 Å². The van der Waals surface area contributed by atoms with E-state index in [1.165, 1.54) is 12.1 Å². The molecule has 1 aromatic heterocycles. The SMILES string of the molecule is CC(C)CNC(C)c1nnnn1-c1ccc(F)cc1. The minimum Gasteiger partial charge on any atom is -0.307 e. The van der Waals surface area contributed by atoms with Crippen molar-refractivity contribution < 1.29 is 4.39 Å². The van der Waals surface area contributed by atoms with Crippen molar-refractivity contribution in [2.24, 2.45) is 5.92 Å². The van der Waals surface area contributed by atoms with Crippen LogP contribution in [0.5, 0.6) is 0 Å². The van der Waals surface area contributed by atoms with Gasteiger partial charge in [-0.25, -0.2) is 4.39 Å². The molecule has 0 aliphatic heterocycles. The third-order valence-corrected chi connectivity index (χ3v) is 2.78. The molecule has 0 saturated heterocycles. The fourth-order valence-corrected chi connectivity index (χ4v) is 1.73. The molecule has 1 aromatic carbocycles. The van der Waals surface area contributed by atoms with Crippen molar-refractivity contribution in [3.05, 3.63) is 35.9 Å². The number of rotatable bonds is 5. The van der Waals surface area contributed by atoms with Gasteiger partial charge >= 0.3 is 0 Å². The van der Waals surface area contributed by atoms with Gasteiger partial charge in [0.2, 0.25) is 0 Å². The summed E-state index contributed by atoms with van der Waals surface area (Å²) in [5.41, 5.74) is 0.750. The Morgan fingerprint density at radius 1 is 1.21 bits per heavy atom. The van der Waals surface area contributed by atoms with Crippen molar-refractivity contribution in [1.29, 1.82) is 0 Å². The number of halogens is 1. The van der Waals surface area contributed by atoms with Gasteiger partial charge in [-0.2, -0.15) is 4.68 Å². The van der Waals surface area contributed by atoms with E-state index < -0.39 is 0 Å². The molecule has 0 spiro atoms. The lowest BCUT2D eigenvalue weighted by Gasteiger charge is -2.15. The van der Waals surface area contributed by atoms with Crippen LogP contribution < -0.4 is 5.32 Å². The van der Waals surface area contributed by atoms with E-state index in [0.29, 0.717) is 11.7 Å². The zero-order valence-electron chi connectivity index (χ0n) is 11.3. The highest BCUT2D eigenvalue weighted by molar-refractivity contribution is 5.31. The molecule has 0 radical (unpaired) electrons. The maximum Gasteiger partial charge on any atom is 0.173 e. The van der Waals surface area contributed by atoms with Crippen LogP contribution >= 0.6 is 0 Å². The summed E-state index contributed by atoms with van der Waals surface area (Å²) in [6, 6.07) is 6.14. The average Bonchev–Trinajstić information content (AvgIpc) is 2.86. The van der Waals surface area contributed by atoms with Crippen LogP contribution in [0.25, 0.3) is 5.69 Å². The summed E-state index contributed by atoms with van der Waals surface area (Å²) >= 11 is 0. The van der Waals surface area contributed by atoms with E-state index in [4.69, 9.17) is 0 Å². The van der Waals surface area contributed by atoms with E-state index in [2.05, 4.69) is 34.7 Å². The Morgan fingerprint density at radius 3 is 2.53 bits per heavy atom. The predicted octanol–water partition coefficient (Wildman–Crippen LogP) is 2.11. The van der Waals surface area contributed by atoms with Crippen molar-refractivity contribution in [3.63, 3.8) is 0 Å². The van der Waals surface area contributed by atoms with Gasteiger partial charge in [0.05, 0.1) is 11.7 Å². The third kappa shape index (κ3) is 3.35. The molecule has 6 heteroatoms. The summed E-state index contributed by atoms with van der Waals surface area (Å²) in [5, 5.41) is 15.1. The van der Waals surface area contributed by atoms with Gasteiger partial charge in [-0.05, 0) is 54.1 Å². The van der Waals surface area contributed by atoms with Crippen LogP contribution in [0.2, 0.25) is 0 Å². The number of nitrogens with zero attached hydrogens (tertiary/aromatic N) is 4.